The molecule has 2 heterocycles. The Morgan fingerprint density at radius 1 is 1.12 bits per heavy atom. The van der Waals surface area contributed by atoms with Crippen molar-refractivity contribution < 1.29 is 14.6 Å². The van der Waals surface area contributed by atoms with Gasteiger partial charge in [0.15, 0.2) is 0 Å². The van der Waals surface area contributed by atoms with Crippen molar-refractivity contribution in [1.82, 2.24) is 15.3 Å². The van der Waals surface area contributed by atoms with Crippen LogP contribution in [-0.4, -0.2) is 46.3 Å². The molecule has 0 saturated heterocycles. The van der Waals surface area contributed by atoms with Gasteiger partial charge < -0.3 is 20.5 Å². The summed E-state index contributed by atoms with van der Waals surface area (Å²) in [6.07, 6.45) is 8.08. The van der Waals surface area contributed by atoms with Crippen LogP contribution in [0.25, 0.3) is 10.9 Å². The van der Waals surface area contributed by atoms with Crippen molar-refractivity contribution in [3.05, 3.63) is 60.4 Å². The number of aryl methyl sites for hydroxylation is 1. The molecule has 1 saturated carbocycles. The number of aromatic nitrogens is 2. The largest absolute Gasteiger partial charge is 0.494 e. The molecule has 0 spiro atoms. The summed E-state index contributed by atoms with van der Waals surface area (Å²) in [5, 5.41) is 18.3. The molecular weight excluding hydrogens is 404 g/mol. The first-order valence-corrected chi connectivity index (χ1v) is 11.1. The van der Waals surface area contributed by atoms with E-state index < -0.39 is 5.60 Å². The quantitative estimate of drug-likeness (QED) is 0.502. The summed E-state index contributed by atoms with van der Waals surface area (Å²) in [7, 11) is 1.65. The number of fused-ring (bicyclic) bond motifs is 1. The standard InChI is InChI=1S/C25H30N4O3/c1-32-21-6-4-5-20-18(11-16-27-24(20)21)8-12-25(31)13-9-19(10-14-25)28-17-23(30)29-22-7-2-3-15-26-22/h2-7,11,15-16,19,28,31H,8-10,12-14,17H2,1H3,(H,26,29,30). The fraction of sp³-hybridized carbons (Fsp3) is 0.400. The van der Waals surface area contributed by atoms with E-state index in [9.17, 15) is 9.90 Å². The molecule has 3 N–H and O–H groups in total. The maximum Gasteiger partial charge on any atom is 0.239 e. The number of anilines is 1. The van der Waals surface area contributed by atoms with E-state index in [-0.39, 0.29) is 18.5 Å². The van der Waals surface area contributed by atoms with Crippen LogP contribution in [0.15, 0.2) is 54.9 Å². The molecule has 1 aromatic carbocycles. The number of aliphatic hydroxyl groups is 1. The zero-order chi connectivity index (χ0) is 22.4. The molecule has 1 fully saturated rings. The molecular formula is C25H30N4O3. The molecule has 1 aliphatic rings. The van der Waals surface area contributed by atoms with Gasteiger partial charge in [-0.2, -0.15) is 0 Å². The molecule has 168 valence electrons. The monoisotopic (exact) mass is 434 g/mol. The van der Waals surface area contributed by atoms with Gasteiger partial charge in [-0.15, -0.1) is 0 Å². The number of rotatable bonds is 8. The van der Waals surface area contributed by atoms with E-state index in [1.54, 1.807) is 25.6 Å². The number of nitrogens with one attached hydrogen (secondary N) is 2. The van der Waals surface area contributed by atoms with Gasteiger partial charge in [0, 0.05) is 23.8 Å². The third-order valence-electron chi connectivity index (χ3n) is 6.30. The third kappa shape index (κ3) is 5.41. The van der Waals surface area contributed by atoms with Crippen LogP contribution < -0.4 is 15.4 Å². The number of benzene rings is 1. The highest BCUT2D eigenvalue weighted by Crippen LogP contribution is 2.34. The first-order valence-electron chi connectivity index (χ1n) is 11.1. The van der Waals surface area contributed by atoms with Crippen LogP contribution in [0, 0.1) is 0 Å². The zero-order valence-electron chi connectivity index (χ0n) is 18.4. The molecule has 0 atom stereocenters. The maximum atomic E-state index is 12.1. The Balaban J connectivity index is 1.27. The summed E-state index contributed by atoms with van der Waals surface area (Å²) in [6, 6.07) is 13.6. The van der Waals surface area contributed by atoms with Crippen molar-refractivity contribution in [2.45, 2.75) is 50.2 Å². The van der Waals surface area contributed by atoms with Crippen molar-refractivity contribution in [3.63, 3.8) is 0 Å². The Kier molecular flexibility index (Phi) is 6.97. The highest BCUT2D eigenvalue weighted by atomic mass is 16.5. The van der Waals surface area contributed by atoms with Crippen molar-refractivity contribution >= 4 is 22.6 Å². The average molecular weight is 435 g/mol. The molecule has 1 amide bonds. The number of carbonyl (C=O) groups is 1. The van der Waals surface area contributed by atoms with E-state index in [0.717, 1.165) is 48.8 Å². The number of amides is 1. The number of ether oxygens (including phenoxy) is 1. The Morgan fingerprint density at radius 2 is 1.97 bits per heavy atom. The lowest BCUT2D eigenvalue weighted by atomic mass is 9.78. The van der Waals surface area contributed by atoms with Gasteiger partial charge in [0.2, 0.25) is 5.91 Å². The van der Waals surface area contributed by atoms with E-state index in [1.165, 1.54) is 5.56 Å². The highest BCUT2D eigenvalue weighted by Gasteiger charge is 2.33. The third-order valence-corrected chi connectivity index (χ3v) is 6.30. The van der Waals surface area contributed by atoms with Crippen LogP contribution in [0.2, 0.25) is 0 Å². The van der Waals surface area contributed by atoms with E-state index in [0.29, 0.717) is 12.2 Å². The van der Waals surface area contributed by atoms with E-state index in [2.05, 4.69) is 26.7 Å². The second-order valence-corrected chi connectivity index (χ2v) is 8.47. The topological polar surface area (TPSA) is 96.4 Å². The van der Waals surface area contributed by atoms with Crippen LogP contribution in [0.4, 0.5) is 5.82 Å². The van der Waals surface area contributed by atoms with Crippen molar-refractivity contribution in [1.29, 1.82) is 0 Å². The molecule has 0 unspecified atom stereocenters. The van der Waals surface area contributed by atoms with E-state index in [4.69, 9.17) is 4.74 Å². The smallest absolute Gasteiger partial charge is 0.239 e. The first kappa shape index (κ1) is 22.2. The first-order chi connectivity index (χ1) is 15.6. The van der Waals surface area contributed by atoms with Gasteiger partial charge in [0.1, 0.15) is 17.1 Å². The van der Waals surface area contributed by atoms with Gasteiger partial charge in [0.25, 0.3) is 0 Å². The zero-order valence-corrected chi connectivity index (χ0v) is 18.4. The Morgan fingerprint density at radius 3 is 2.72 bits per heavy atom. The molecule has 4 rings (SSSR count). The number of carbonyl (C=O) groups excluding carboxylic acids is 1. The molecule has 7 heteroatoms. The Labute approximate surface area is 188 Å². The van der Waals surface area contributed by atoms with Gasteiger partial charge >= 0.3 is 0 Å². The maximum absolute atomic E-state index is 12.1. The minimum absolute atomic E-state index is 0.107. The van der Waals surface area contributed by atoms with E-state index in [1.807, 2.05) is 30.3 Å². The molecule has 1 aliphatic carbocycles. The molecule has 3 aromatic rings. The molecule has 0 bridgehead atoms. The summed E-state index contributed by atoms with van der Waals surface area (Å²) in [6.45, 7) is 0.241. The summed E-state index contributed by atoms with van der Waals surface area (Å²) >= 11 is 0. The van der Waals surface area contributed by atoms with Crippen LogP contribution >= 0.6 is 0 Å². The van der Waals surface area contributed by atoms with Crippen molar-refractivity contribution in [2.24, 2.45) is 0 Å². The second kappa shape index (κ2) is 10.1. The molecule has 2 aromatic heterocycles. The van der Waals surface area contributed by atoms with Gasteiger partial charge in [0.05, 0.1) is 19.3 Å². The molecule has 0 aliphatic heterocycles. The number of hydrogen-bond donors (Lipinski definition) is 3. The fourth-order valence-corrected chi connectivity index (χ4v) is 4.43. The summed E-state index contributed by atoms with van der Waals surface area (Å²) in [4.78, 5) is 20.7. The van der Waals surface area contributed by atoms with Gasteiger partial charge in [-0.3, -0.25) is 9.78 Å². The molecule has 32 heavy (non-hydrogen) atoms. The fourth-order valence-electron chi connectivity index (χ4n) is 4.43. The van der Waals surface area contributed by atoms with Gasteiger partial charge in [-0.05, 0) is 68.4 Å². The summed E-state index contributed by atoms with van der Waals surface area (Å²) in [5.41, 5.74) is 1.35. The number of hydrogen-bond acceptors (Lipinski definition) is 6. The van der Waals surface area contributed by atoms with Crippen molar-refractivity contribution in [3.8, 4) is 5.75 Å². The lowest BCUT2D eigenvalue weighted by Gasteiger charge is -2.36. The minimum atomic E-state index is -0.678. The lowest BCUT2D eigenvalue weighted by Crippen LogP contribution is -2.43. The Hall–Kier alpha value is -3.03. The van der Waals surface area contributed by atoms with Gasteiger partial charge in [-0.25, -0.2) is 4.98 Å². The minimum Gasteiger partial charge on any atom is -0.494 e. The Bertz CT molecular complexity index is 1050. The van der Waals surface area contributed by atoms with Crippen molar-refractivity contribution in [2.75, 3.05) is 19.0 Å². The second-order valence-electron chi connectivity index (χ2n) is 8.47. The summed E-state index contributed by atoms with van der Waals surface area (Å²) < 4.78 is 5.43. The SMILES string of the molecule is COc1cccc2c(CCC3(O)CCC(NCC(=O)Nc4ccccn4)CC3)ccnc12. The number of methoxy groups -OCH3 is 1. The van der Waals surface area contributed by atoms with Crippen LogP contribution in [0.5, 0.6) is 5.75 Å². The number of para-hydroxylation sites is 1. The van der Waals surface area contributed by atoms with Crippen LogP contribution in [0.3, 0.4) is 0 Å². The highest BCUT2D eigenvalue weighted by molar-refractivity contribution is 5.91. The predicted molar refractivity (Wildman–Crippen MR) is 125 cm³/mol. The average Bonchev–Trinajstić information content (AvgIpc) is 2.82. The lowest BCUT2D eigenvalue weighted by molar-refractivity contribution is -0.115. The van der Waals surface area contributed by atoms with Gasteiger partial charge in [-0.1, -0.05) is 18.2 Å². The van der Waals surface area contributed by atoms with E-state index >= 15 is 0 Å². The summed E-state index contributed by atoms with van der Waals surface area (Å²) in [5.74, 6) is 1.21. The normalized spacial score (nSPS) is 20.8. The molecule has 7 nitrogen and oxygen atoms in total. The van der Waals surface area contributed by atoms with Crippen LogP contribution in [0.1, 0.15) is 37.7 Å². The number of nitrogens with zero attached hydrogens (tertiary/aromatic N) is 2. The number of pyridine rings is 2. The molecule has 0 radical (unpaired) electrons. The van der Waals surface area contributed by atoms with Crippen LogP contribution in [-0.2, 0) is 11.2 Å². The predicted octanol–water partition coefficient (Wildman–Crippen LogP) is 3.47.